The minimum Gasteiger partial charge on any atom is -0.368 e. The predicted octanol–water partition coefficient (Wildman–Crippen LogP) is 1.67. The molecule has 7 nitrogen and oxygen atoms in total. The van der Waals surface area contributed by atoms with Gasteiger partial charge in [0.1, 0.15) is 6.54 Å². The van der Waals surface area contributed by atoms with E-state index in [0.29, 0.717) is 16.5 Å². The molecule has 1 aromatic carbocycles. The number of hydrogen-bond acceptors (Lipinski definition) is 3. The second-order valence-corrected chi connectivity index (χ2v) is 4.39. The first kappa shape index (κ1) is 13.9. The Morgan fingerprint density at radius 2 is 2.10 bits per heavy atom. The molecule has 2 rings (SSSR count). The van der Waals surface area contributed by atoms with E-state index in [-0.39, 0.29) is 6.54 Å². The third-order valence-electron chi connectivity index (χ3n) is 2.28. The highest BCUT2D eigenvalue weighted by Crippen LogP contribution is 2.15. The zero-order chi connectivity index (χ0) is 14.5. The van der Waals surface area contributed by atoms with Crippen molar-refractivity contribution in [3.63, 3.8) is 0 Å². The van der Waals surface area contributed by atoms with Gasteiger partial charge < -0.3 is 11.1 Å². The molecule has 0 saturated heterocycles. The highest BCUT2D eigenvalue weighted by atomic mass is 35.5. The van der Waals surface area contributed by atoms with Crippen LogP contribution >= 0.6 is 11.6 Å². The van der Waals surface area contributed by atoms with Crippen LogP contribution in [0.4, 0.5) is 16.3 Å². The lowest BCUT2D eigenvalue weighted by molar-refractivity contribution is -0.118. The summed E-state index contributed by atoms with van der Waals surface area (Å²) in [4.78, 5) is 22.4. The Bertz CT molecular complexity index is 640. The standard InChI is InChI=1S/C12H12ClN5O2/c13-8-2-1-3-9(6-8)15-12(20)16-11-4-5-18(17-11)7-10(14)19/h1-6H,7H2,(H2,14,19)(H2,15,16,17,20). The topological polar surface area (TPSA) is 102 Å². The van der Waals surface area contributed by atoms with Gasteiger partial charge in [-0.2, -0.15) is 5.10 Å². The summed E-state index contributed by atoms with van der Waals surface area (Å²) in [5, 5.41) is 9.62. The van der Waals surface area contributed by atoms with Crippen LogP contribution in [0.5, 0.6) is 0 Å². The number of nitrogens with two attached hydrogens (primary N) is 1. The molecule has 3 amide bonds. The van der Waals surface area contributed by atoms with Crippen molar-refractivity contribution in [1.82, 2.24) is 9.78 Å². The van der Waals surface area contributed by atoms with Crippen LogP contribution in [-0.4, -0.2) is 21.7 Å². The van der Waals surface area contributed by atoms with Gasteiger partial charge in [0.2, 0.25) is 5.91 Å². The third-order valence-corrected chi connectivity index (χ3v) is 2.52. The van der Waals surface area contributed by atoms with Crippen molar-refractivity contribution in [1.29, 1.82) is 0 Å². The van der Waals surface area contributed by atoms with Gasteiger partial charge in [-0.1, -0.05) is 17.7 Å². The average molecular weight is 294 g/mol. The van der Waals surface area contributed by atoms with Crippen molar-refractivity contribution in [2.75, 3.05) is 10.6 Å². The van der Waals surface area contributed by atoms with Gasteiger partial charge in [0, 0.05) is 23.0 Å². The van der Waals surface area contributed by atoms with Crippen molar-refractivity contribution in [2.45, 2.75) is 6.54 Å². The summed E-state index contributed by atoms with van der Waals surface area (Å²) in [5.41, 5.74) is 5.60. The molecule has 104 valence electrons. The first-order valence-corrected chi connectivity index (χ1v) is 6.06. The Balaban J connectivity index is 1.94. The summed E-state index contributed by atoms with van der Waals surface area (Å²) in [6, 6.07) is 7.84. The van der Waals surface area contributed by atoms with Gasteiger partial charge in [-0.15, -0.1) is 0 Å². The van der Waals surface area contributed by atoms with E-state index in [0.717, 1.165) is 0 Å². The van der Waals surface area contributed by atoms with Crippen molar-refractivity contribution in [2.24, 2.45) is 5.73 Å². The van der Waals surface area contributed by atoms with Crippen LogP contribution in [-0.2, 0) is 11.3 Å². The van der Waals surface area contributed by atoms with Crippen LogP contribution in [0.1, 0.15) is 0 Å². The van der Waals surface area contributed by atoms with Crippen LogP contribution < -0.4 is 16.4 Å². The molecule has 1 heterocycles. The molecule has 0 bridgehead atoms. The largest absolute Gasteiger partial charge is 0.368 e. The number of carbonyl (C=O) groups is 2. The molecule has 20 heavy (non-hydrogen) atoms. The van der Waals surface area contributed by atoms with Crippen molar-refractivity contribution in [3.05, 3.63) is 41.6 Å². The lowest BCUT2D eigenvalue weighted by Gasteiger charge is -2.05. The first-order valence-electron chi connectivity index (χ1n) is 5.68. The number of rotatable bonds is 4. The SMILES string of the molecule is NC(=O)Cn1ccc(NC(=O)Nc2cccc(Cl)c2)n1. The number of amides is 3. The quantitative estimate of drug-likeness (QED) is 0.799. The molecule has 0 atom stereocenters. The van der Waals surface area contributed by atoms with Crippen LogP contribution in [0, 0.1) is 0 Å². The summed E-state index contributed by atoms with van der Waals surface area (Å²) in [5.74, 6) is -0.200. The van der Waals surface area contributed by atoms with Gasteiger partial charge >= 0.3 is 6.03 Å². The lowest BCUT2D eigenvalue weighted by Crippen LogP contribution is -2.21. The molecule has 0 saturated carbocycles. The average Bonchev–Trinajstić information content (AvgIpc) is 2.75. The summed E-state index contributed by atoms with van der Waals surface area (Å²) in [6.45, 7) is -0.0441. The summed E-state index contributed by atoms with van der Waals surface area (Å²) >= 11 is 5.81. The summed E-state index contributed by atoms with van der Waals surface area (Å²) in [6.07, 6.45) is 1.54. The van der Waals surface area contributed by atoms with Crippen LogP contribution in [0.15, 0.2) is 36.5 Å². The van der Waals surface area contributed by atoms with Gasteiger partial charge in [0.15, 0.2) is 5.82 Å². The molecule has 2 aromatic rings. The molecular formula is C12H12ClN5O2. The number of aromatic nitrogens is 2. The maximum absolute atomic E-state index is 11.7. The number of nitrogens with one attached hydrogen (secondary N) is 2. The van der Waals surface area contributed by atoms with E-state index in [4.69, 9.17) is 17.3 Å². The van der Waals surface area contributed by atoms with E-state index in [1.165, 1.54) is 4.68 Å². The molecule has 0 aliphatic rings. The van der Waals surface area contributed by atoms with E-state index >= 15 is 0 Å². The van der Waals surface area contributed by atoms with Crippen molar-refractivity contribution >= 4 is 35.0 Å². The summed E-state index contributed by atoms with van der Waals surface area (Å²) in [7, 11) is 0. The van der Waals surface area contributed by atoms with E-state index in [1.54, 1.807) is 36.5 Å². The minimum atomic E-state index is -0.511. The second-order valence-electron chi connectivity index (χ2n) is 3.95. The fraction of sp³-hybridized carbons (Fsp3) is 0.0833. The highest BCUT2D eigenvalue weighted by molar-refractivity contribution is 6.30. The van der Waals surface area contributed by atoms with Crippen LogP contribution in [0.25, 0.3) is 0 Å². The zero-order valence-electron chi connectivity index (χ0n) is 10.3. The Morgan fingerprint density at radius 1 is 1.30 bits per heavy atom. The third kappa shape index (κ3) is 3.99. The Morgan fingerprint density at radius 3 is 2.80 bits per heavy atom. The Hall–Kier alpha value is -2.54. The maximum atomic E-state index is 11.7. The Labute approximate surface area is 119 Å². The first-order chi connectivity index (χ1) is 9.52. The van der Waals surface area contributed by atoms with Crippen LogP contribution in [0.3, 0.4) is 0 Å². The van der Waals surface area contributed by atoms with E-state index in [1.807, 2.05) is 0 Å². The number of benzene rings is 1. The van der Waals surface area contributed by atoms with Gasteiger partial charge in [-0.3, -0.25) is 14.8 Å². The van der Waals surface area contributed by atoms with Gasteiger partial charge in [-0.05, 0) is 18.2 Å². The molecule has 0 spiro atoms. The van der Waals surface area contributed by atoms with E-state index in [2.05, 4.69) is 15.7 Å². The molecule has 0 unspecified atom stereocenters. The number of hydrogen-bond donors (Lipinski definition) is 3. The van der Waals surface area contributed by atoms with E-state index in [9.17, 15) is 9.59 Å². The van der Waals surface area contributed by atoms with Crippen LogP contribution in [0.2, 0.25) is 5.02 Å². The predicted molar refractivity (Wildman–Crippen MR) is 75.5 cm³/mol. The summed E-state index contributed by atoms with van der Waals surface area (Å²) < 4.78 is 1.33. The molecule has 0 aliphatic carbocycles. The molecule has 0 aliphatic heterocycles. The normalized spacial score (nSPS) is 10.1. The monoisotopic (exact) mass is 293 g/mol. The number of urea groups is 1. The molecular weight excluding hydrogens is 282 g/mol. The molecule has 0 fully saturated rings. The van der Waals surface area contributed by atoms with Gasteiger partial charge in [0.25, 0.3) is 0 Å². The maximum Gasteiger partial charge on any atom is 0.324 e. The minimum absolute atomic E-state index is 0.0441. The number of carbonyl (C=O) groups excluding carboxylic acids is 2. The molecule has 4 N–H and O–H groups in total. The number of primary amides is 1. The molecule has 0 radical (unpaired) electrons. The van der Waals surface area contributed by atoms with Gasteiger partial charge in [-0.25, -0.2) is 4.79 Å². The second kappa shape index (κ2) is 6.07. The van der Waals surface area contributed by atoms with E-state index < -0.39 is 11.9 Å². The Kier molecular flexibility index (Phi) is 4.21. The fourth-order valence-corrected chi connectivity index (χ4v) is 1.71. The van der Waals surface area contributed by atoms with Crippen molar-refractivity contribution in [3.8, 4) is 0 Å². The lowest BCUT2D eigenvalue weighted by atomic mass is 10.3. The number of anilines is 2. The van der Waals surface area contributed by atoms with Gasteiger partial charge in [0.05, 0.1) is 0 Å². The zero-order valence-corrected chi connectivity index (χ0v) is 11.1. The smallest absolute Gasteiger partial charge is 0.324 e. The molecule has 8 heteroatoms. The molecule has 1 aromatic heterocycles. The van der Waals surface area contributed by atoms with Crippen molar-refractivity contribution < 1.29 is 9.59 Å². The fourth-order valence-electron chi connectivity index (χ4n) is 1.52. The number of nitrogens with zero attached hydrogens (tertiary/aromatic N) is 2. The highest BCUT2D eigenvalue weighted by Gasteiger charge is 2.06. The number of halogens is 1.